The zero-order valence-corrected chi connectivity index (χ0v) is 12.9. The van der Waals surface area contributed by atoms with Gasteiger partial charge in [0, 0.05) is 31.9 Å². The predicted octanol–water partition coefficient (Wildman–Crippen LogP) is 3.90. The molecule has 2 rings (SSSR count). The molecule has 0 unspecified atom stereocenters. The summed E-state index contributed by atoms with van der Waals surface area (Å²) in [6, 6.07) is 6.12. The molecule has 0 amide bonds. The van der Waals surface area contributed by atoms with E-state index in [1.807, 2.05) is 0 Å². The molecule has 22 heavy (non-hydrogen) atoms. The molecule has 124 valence electrons. The Balaban J connectivity index is 1.81. The van der Waals surface area contributed by atoms with Gasteiger partial charge in [-0.25, -0.2) is 0 Å². The van der Waals surface area contributed by atoms with Crippen molar-refractivity contribution in [2.75, 3.05) is 37.6 Å². The van der Waals surface area contributed by atoms with E-state index in [0.717, 1.165) is 38.4 Å². The first-order chi connectivity index (χ1) is 10.5. The number of piperazine rings is 1. The summed E-state index contributed by atoms with van der Waals surface area (Å²) >= 11 is 0. The molecule has 1 aromatic rings. The maximum Gasteiger partial charge on any atom is 0.573 e. The summed E-state index contributed by atoms with van der Waals surface area (Å²) in [6.07, 6.45) is -0.904. The first kappa shape index (κ1) is 16.9. The quantitative estimate of drug-likeness (QED) is 0.740. The van der Waals surface area contributed by atoms with Crippen molar-refractivity contribution in [2.45, 2.75) is 32.5 Å². The van der Waals surface area contributed by atoms with Crippen LogP contribution in [-0.2, 0) is 0 Å². The van der Waals surface area contributed by atoms with Crippen molar-refractivity contribution in [2.24, 2.45) is 0 Å². The summed E-state index contributed by atoms with van der Waals surface area (Å²) in [4.78, 5) is 4.65. The largest absolute Gasteiger partial charge is 0.573 e. The van der Waals surface area contributed by atoms with Crippen LogP contribution in [-0.4, -0.2) is 44.0 Å². The van der Waals surface area contributed by atoms with E-state index >= 15 is 0 Å². The lowest BCUT2D eigenvalue weighted by molar-refractivity contribution is -0.274. The Morgan fingerprint density at radius 1 is 1.00 bits per heavy atom. The Hall–Kier alpha value is -1.43. The maximum absolute atomic E-state index is 12.1. The third-order valence-electron chi connectivity index (χ3n) is 3.89. The second-order valence-electron chi connectivity index (χ2n) is 5.58. The molecule has 1 fully saturated rings. The summed E-state index contributed by atoms with van der Waals surface area (Å²) < 4.78 is 40.3. The van der Waals surface area contributed by atoms with Crippen LogP contribution in [0.5, 0.6) is 5.75 Å². The van der Waals surface area contributed by atoms with Crippen LogP contribution < -0.4 is 9.64 Å². The molecule has 0 N–H and O–H groups in total. The van der Waals surface area contributed by atoms with Crippen molar-refractivity contribution in [3.8, 4) is 5.75 Å². The Morgan fingerprint density at radius 2 is 1.64 bits per heavy atom. The van der Waals surface area contributed by atoms with E-state index in [1.54, 1.807) is 12.1 Å². The van der Waals surface area contributed by atoms with Gasteiger partial charge in [0.05, 0.1) is 0 Å². The first-order valence-electron chi connectivity index (χ1n) is 7.81. The Labute approximate surface area is 129 Å². The lowest BCUT2D eigenvalue weighted by Gasteiger charge is -2.36. The monoisotopic (exact) mass is 316 g/mol. The number of unbranched alkanes of at least 4 members (excludes halogenated alkanes) is 2. The third kappa shape index (κ3) is 5.40. The van der Waals surface area contributed by atoms with Gasteiger partial charge in [-0.15, -0.1) is 13.2 Å². The number of hydrogen-bond donors (Lipinski definition) is 0. The molecular formula is C16H23F3N2O. The highest BCUT2D eigenvalue weighted by Gasteiger charge is 2.31. The highest BCUT2D eigenvalue weighted by molar-refractivity contribution is 5.49. The molecule has 1 saturated heterocycles. The van der Waals surface area contributed by atoms with Crippen LogP contribution in [0.4, 0.5) is 18.9 Å². The molecule has 0 atom stereocenters. The second-order valence-corrected chi connectivity index (χ2v) is 5.58. The molecule has 0 aromatic heterocycles. The lowest BCUT2D eigenvalue weighted by Crippen LogP contribution is -2.46. The molecule has 3 nitrogen and oxygen atoms in total. The first-order valence-corrected chi connectivity index (χ1v) is 7.81. The second kappa shape index (κ2) is 7.72. The summed E-state index contributed by atoms with van der Waals surface area (Å²) in [5, 5.41) is 0. The van der Waals surface area contributed by atoms with E-state index in [4.69, 9.17) is 0 Å². The average Bonchev–Trinajstić information content (AvgIpc) is 2.48. The standard InChI is InChI=1S/C16H23F3N2O/c1-2-3-4-9-20-10-12-21(13-11-20)14-5-7-15(8-6-14)22-16(17,18)19/h5-8H,2-4,9-13H2,1H3. The molecule has 1 aliphatic rings. The fraction of sp³-hybridized carbons (Fsp3) is 0.625. The van der Waals surface area contributed by atoms with Crippen LogP contribution in [0.3, 0.4) is 0 Å². The number of ether oxygens (including phenoxy) is 1. The van der Waals surface area contributed by atoms with Gasteiger partial charge in [0.2, 0.25) is 0 Å². The summed E-state index contributed by atoms with van der Waals surface area (Å²) in [5.41, 5.74) is 0.947. The number of alkyl halides is 3. The highest BCUT2D eigenvalue weighted by atomic mass is 19.4. The SMILES string of the molecule is CCCCCN1CCN(c2ccc(OC(F)(F)F)cc2)CC1. The summed E-state index contributed by atoms with van der Waals surface area (Å²) in [7, 11) is 0. The third-order valence-corrected chi connectivity index (χ3v) is 3.89. The Bertz CT molecular complexity index is 440. The van der Waals surface area contributed by atoms with Crippen molar-refractivity contribution in [3.05, 3.63) is 24.3 Å². The molecule has 0 saturated carbocycles. The van der Waals surface area contributed by atoms with Crippen molar-refractivity contribution in [1.29, 1.82) is 0 Å². The van der Waals surface area contributed by atoms with Crippen LogP contribution in [0.1, 0.15) is 26.2 Å². The topological polar surface area (TPSA) is 15.7 Å². The van der Waals surface area contributed by atoms with Gasteiger partial charge in [-0.3, -0.25) is 4.90 Å². The van der Waals surface area contributed by atoms with E-state index in [9.17, 15) is 13.2 Å². The molecule has 6 heteroatoms. The van der Waals surface area contributed by atoms with Crippen LogP contribution in [0, 0.1) is 0 Å². The molecule has 0 aliphatic carbocycles. The molecule has 1 aliphatic heterocycles. The predicted molar refractivity (Wildman–Crippen MR) is 81.3 cm³/mol. The number of rotatable bonds is 6. The van der Waals surface area contributed by atoms with Gasteiger partial charge in [-0.05, 0) is 37.2 Å². The van der Waals surface area contributed by atoms with Gasteiger partial charge in [0.15, 0.2) is 0 Å². The zero-order valence-electron chi connectivity index (χ0n) is 12.9. The van der Waals surface area contributed by atoms with Crippen molar-refractivity contribution < 1.29 is 17.9 Å². The van der Waals surface area contributed by atoms with Gasteiger partial charge in [-0.2, -0.15) is 0 Å². The van der Waals surface area contributed by atoms with Gasteiger partial charge in [-0.1, -0.05) is 19.8 Å². The Kier molecular flexibility index (Phi) is 5.94. The molecule has 0 radical (unpaired) electrons. The molecule has 1 heterocycles. The average molecular weight is 316 g/mol. The number of benzene rings is 1. The molecule has 0 spiro atoms. The van der Waals surface area contributed by atoms with Crippen LogP contribution >= 0.6 is 0 Å². The number of anilines is 1. The minimum absolute atomic E-state index is 0.172. The number of halogens is 3. The highest BCUT2D eigenvalue weighted by Crippen LogP contribution is 2.25. The van der Waals surface area contributed by atoms with Crippen LogP contribution in [0.15, 0.2) is 24.3 Å². The van der Waals surface area contributed by atoms with E-state index in [-0.39, 0.29) is 5.75 Å². The maximum atomic E-state index is 12.1. The number of nitrogens with zero attached hydrogens (tertiary/aromatic N) is 2. The summed E-state index contributed by atoms with van der Waals surface area (Å²) in [5.74, 6) is -0.172. The van der Waals surface area contributed by atoms with E-state index in [2.05, 4.69) is 21.5 Å². The van der Waals surface area contributed by atoms with E-state index < -0.39 is 6.36 Å². The molecule has 0 bridgehead atoms. The smallest absolute Gasteiger partial charge is 0.406 e. The minimum atomic E-state index is -4.63. The van der Waals surface area contributed by atoms with Gasteiger partial charge >= 0.3 is 6.36 Å². The fourth-order valence-corrected chi connectivity index (χ4v) is 2.67. The van der Waals surface area contributed by atoms with Gasteiger partial charge < -0.3 is 9.64 Å². The minimum Gasteiger partial charge on any atom is -0.406 e. The van der Waals surface area contributed by atoms with Crippen LogP contribution in [0.25, 0.3) is 0 Å². The zero-order chi connectivity index (χ0) is 16.0. The van der Waals surface area contributed by atoms with Crippen LogP contribution in [0.2, 0.25) is 0 Å². The lowest BCUT2D eigenvalue weighted by atomic mass is 10.2. The summed E-state index contributed by atoms with van der Waals surface area (Å²) in [6.45, 7) is 7.16. The number of hydrogen-bond acceptors (Lipinski definition) is 3. The van der Waals surface area contributed by atoms with Crippen molar-refractivity contribution >= 4 is 5.69 Å². The molecular weight excluding hydrogens is 293 g/mol. The van der Waals surface area contributed by atoms with Gasteiger partial charge in [0.1, 0.15) is 5.75 Å². The Morgan fingerprint density at radius 3 is 2.18 bits per heavy atom. The van der Waals surface area contributed by atoms with E-state index in [1.165, 1.54) is 31.4 Å². The van der Waals surface area contributed by atoms with Crippen molar-refractivity contribution in [3.63, 3.8) is 0 Å². The molecule has 1 aromatic carbocycles. The normalized spacial score (nSPS) is 16.8. The van der Waals surface area contributed by atoms with Gasteiger partial charge in [0.25, 0.3) is 0 Å². The van der Waals surface area contributed by atoms with Crippen molar-refractivity contribution in [1.82, 2.24) is 4.90 Å². The van der Waals surface area contributed by atoms with E-state index in [0.29, 0.717) is 0 Å². The fourth-order valence-electron chi connectivity index (χ4n) is 2.67.